The van der Waals surface area contributed by atoms with Gasteiger partial charge in [0.25, 0.3) is 0 Å². The van der Waals surface area contributed by atoms with Crippen LogP contribution in [0.3, 0.4) is 0 Å². The van der Waals surface area contributed by atoms with Crippen LogP contribution in [0.5, 0.6) is 0 Å². The van der Waals surface area contributed by atoms with E-state index in [-0.39, 0.29) is 12.5 Å². The molecule has 74 heavy (non-hydrogen) atoms. The largest absolute Gasteiger partial charge is 0.394 e. The average molecular weight is 1030 g/mol. The van der Waals surface area contributed by atoms with Crippen LogP contribution in [0.25, 0.3) is 0 Å². The minimum absolute atomic E-state index is 0.0716. The number of allylic oxidation sites excluding steroid dienone is 15. The van der Waals surface area contributed by atoms with Crippen molar-refractivity contribution in [2.45, 2.75) is 334 Å². The fraction of sp³-hybridized carbons (Fsp3) is 0.757. The van der Waals surface area contributed by atoms with E-state index >= 15 is 0 Å². The molecule has 0 bridgehead atoms. The molecule has 4 nitrogen and oxygen atoms in total. The molecule has 0 aromatic rings. The fourth-order valence-corrected chi connectivity index (χ4v) is 9.67. The third-order valence-corrected chi connectivity index (χ3v) is 14.6. The number of aliphatic hydroxyl groups is 2. The van der Waals surface area contributed by atoms with E-state index in [2.05, 4.69) is 104 Å². The minimum Gasteiger partial charge on any atom is -0.394 e. The number of carbonyl (C=O) groups excluding carboxylic acids is 1. The third-order valence-electron chi connectivity index (χ3n) is 14.6. The summed E-state index contributed by atoms with van der Waals surface area (Å²) in [7, 11) is 0. The minimum atomic E-state index is -0.867. The number of unbranched alkanes of at least 4 members (excludes halogenated alkanes) is 38. The van der Waals surface area contributed by atoms with Crippen molar-refractivity contribution >= 4 is 5.91 Å². The Morgan fingerprint density at radius 2 is 0.608 bits per heavy atom. The van der Waals surface area contributed by atoms with Gasteiger partial charge in [-0.15, -0.1) is 0 Å². The van der Waals surface area contributed by atoms with Crippen molar-refractivity contribution in [3.63, 3.8) is 0 Å². The molecule has 0 saturated heterocycles. The Labute approximate surface area is 462 Å². The lowest BCUT2D eigenvalue weighted by Gasteiger charge is -2.19. The van der Waals surface area contributed by atoms with Gasteiger partial charge in [-0.05, 0) is 83.5 Å². The van der Waals surface area contributed by atoms with Crippen molar-refractivity contribution < 1.29 is 15.0 Å². The van der Waals surface area contributed by atoms with Gasteiger partial charge in [0.2, 0.25) is 5.91 Å². The molecular formula is C70H125NO3. The number of rotatable bonds is 59. The van der Waals surface area contributed by atoms with Gasteiger partial charge < -0.3 is 15.5 Å². The molecule has 3 N–H and O–H groups in total. The number of hydrogen-bond donors (Lipinski definition) is 3. The van der Waals surface area contributed by atoms with Crippen LogP contribution in [-0.2, 0) is 4.79 Å². The maximum Gasteiger partial charge on any atom is 0.220 e. The van der Waals surface area contributed by atoms with Crippen molar-refractivity contribution in [3.8, 4) is 0 Å². The van der Waals surface area contributed by atoms with Crippen molar-refractivity contribution in [2.75, 3.05) is 6.61 Å². The van der Waals surface area contributed by atoms with E-state index in [4.69, 9.17) is 0 Å². The molecule has 1 amide bonds. The molecule has 0 aliphatic heterocycles. The van der Waals surface area contributed by atoms with Crippen LogP contribution in [0.1, 0.15) is 322 Å². The van der Waals surface area contributed by atoms with E-state index in [1.54, 1.807) is 6.08 Å². The first-order chi connectivity index (χ1) is 36.7. The van der Waals surface area contributed by atoms with E-state index in [0.717, 1.165) is 70.6 Å². The lowest BCUT2D eigenvalue weighted by atomic mass is 10.0. The summed E-state index contributed by atoms with van der Waals surface area (Å²) in [6, 6.07) is -0.644. The van der Waals surface area contributed by atoms with Gasteiger partial charge in [-0.3, -0.25) is 4.79 Å². The predicted molar refractivity (Wildman–Crippen MR) is 331 cm³/mol. The topological polar surface area (TPSA) is 69.6 Å². The lowest BCUT2D eigenvalue weighted by Crippen LogP contribution is -2.45. The van der Waals surface area contributed by atoms with Gasteiger partial charge in [0.15, 0.2) is 0 Å². The maximum absolute atomic E-state index is 12.5. The van der Waals surface area contributed by atoms with Crippen LogP contribution < -0.4 is 5.32 Å². The molecule has 0 aliphatic carbocycles. The number of amides is 1. The molecule has 428 valence electrons. The second kappa shape index (κ2) is 64.6. The maximum atomic E-state index is 12.5. The van der Waals surface area contributed by atoms with E-state index in [9.17, 15) is 15.0 Å². The lowest BCUT2D eigenvalue weighted by molar-refractivity contribution is -0.123. The van der Waals surface area contributed by atoms with E-state index in [1.165, 1.54) is 231 Å². The zero-order chi connectivity index (χ0) is 53.4. The molecule has 0 rings (SSSR count). The highest BCUT2D eigenvalue weighted by Crippen LogP contribution is 2.17. The molecule has 0 fully saturated rings. The summed E-state index contributed by atoms with van der Waals surface area (Å²) in [5.41, 5.74) is 0. The Bertz CT molecular complexity index is 1350. The molecular weight excluding hydrogens is 903 g/mol. The molecule has 0 radical (unpaired) electrons. The number of aliphatic hydroxyl groups excluding tert-OH is 2. The van der Waals surface area contributed by atoms with Gasteiger partial charge in [-0.2, -0.15) is 0 Å². The summed E-state index contributed by atoms with van der Waals surface area (Å²) < 4.78 is 0. The van der Waals surface area contributed by atoms with Crippen molar-refractivity contribution in [1.82, 2.24) is 5.32 Å². The first-order valence-corrected chi connectivity index (χ1v) is 32.5. The van der Waals surface area contributed by atoms with E-state index in [0.29, 0.717) is 6.42 Å². The second-order valence-electron chi connectivity index (χ2n) is 21.8. The molecule has 2 atom stereocenters. The predicted octanol–water partition coefficient (Wildman–Crippen LogP) is 22.0. The van der Waals surface area contributed by atoms with Crippen LogP contribution in [-0.4, -0.2) is 34.9 Å². The van der Waals surface area contributed by atoms with Crippen LogP contribution >= 0.6 is 0 Å². The molecule has 0 aromatic heterocycles. The summed E-state index contributed by atoms with van der Waals surface area (Å²) in [6.07, 6.45) is 96.1. The summed E-state index contributed by atoms with van der Waals surface area (Å²) >= 11 is 0. The Kier molecular flexibility index (Phi) is 62.2. The summed E-state index contributed by atoms with van der Waals surface area (Å²) in [5.74, 6) is -0.0716. The first-order valence-electron chi connectivity index (χ1n) is 32.5. The molecule has 0 heterocycles. The number of hydrogen-bond acceptors (Lipinski definition) is 3. The molecule has 0 aromatic carbocycles. The zero-order valence-electron chi connectivity index (χ0n) is 49.3. The van der Waals surface area contributed by atoms with Gasteiger partial charge in [0.05, 0.1) is 18.8 Å². The van der Waals surface area contributed by atoms with Crippen molar-refractivity contribution in [3.05, 3.63) is 97.2 Å². The van der Waals surface area contributed by atoms with Gasteiger partial charge in [-0.25, -0.2) is 0 Å². The number of carbonyl (C=O) groups is 1. The number of nitrogens with one attached hydrogen (secondary N) is 1. The molecule has 4 heteroatoms. The van der Waals surface area contributed by atoms with Gasteiger partial charge in [0.1, 0.15) is 0 Å². The highest BCUT2D eigenvalue weighted by atomic mass is 16.3. The molecule has 0 aliphatic rings. The second-order valence-corrected chi connectivity index (χ2v) is 21.8. The highest BCUT2D eigenvalue weighted by Gasteiger charge is 2.18. The Balaban J connectivity index is 3.51. The summed E-state index contributed by atoms with van der Waals surface area (Å²) in [6.45, 7) is 4.21. The van der Waals surface area contributed by atoms with Crippen molar-refractivity contribution in [1.29, 1.82) is 0 Å². The normalized spacial score (nSPS) is 13.4. The first kappa shape index (κ1) is 71.3. The quantitative estimate of drug-likeness (QED) is 0.0420. The van der Waals surface area contributed by atoms with Crippen LogP contribution in [0, 0.1) is 0 Å². The van der Waals surface area contributed by atoms with Gasteiger partial charge in [0, 0.05) is 6.42 Å². The molecule has 2 unspecified atom stereocenters. The standard InChI is InChI=1S/C70H125NO3/c1-3-5-7-9-11-13-15-17-19-21-23-25-27-29-30-31-32-33-34-35-36-37-38-39-40-42-44-46-48-50-52-54-56-58-60-62-64-66-70(74)71-68(67-72)69(73)65-63-61-59-57-55-53-51-49-47-45-43-41-28-26-24-22-20-18-16-14-12-10-8-6-4-2/h5,7,11,13,17,19,23,25,29-30,32-33,55,57,63,65,68-69,72-73H,3-4,6,8-10,12,14-16,18,20-22,24,26-28,31,34-54,56,58-62,64,66-67H2,1-2H3,(H,71,74)/b7-5-,13-11-,19-17-,25-23-,30-29-,33-32-,57-55+,65-63+. The summed E-state index contributed by atoms with van der Waals surface area (Å²) in [5, 5.41) is 23.2. The fourth-order valence-electron chi connectivity index (χ4n) is 9.67. The van der Waals surface area contributed by atoms with Gasteiger partial charge >= 0.3 is 0 Å². The van der Waals surface area contributed by atoms with E-state index < -0.39 is 12.1 Å². The van der Waals surface area contributed by atoms with Crippen LogP contribution in [0.4, 0.5) is 0 Å². The average Bonchev–Trinajstić information content (AvgIpc) is 3.40. The highest BCUT2D eigenvalue weighted by molar-refractivity contribution is 5.76. The SMILES string of the molecule is CC/C=C\C/C=C\C/C=C\C/C=C\C/C=C\C/C=C\CCCCCCCCCCCCCCCCCCCCC(=O)NC(CO)C(O)/C=C/CC/C=C/CCCCCCCCCCCCCCCCCCCCC. The Hall–Kier alpha value is -2.69. The van der Waals surface area contributed by atoms with Crippen LogP contribution in [0.15, 0.2) is 97.2 Å². The smallest absolute Gasteiger partial charge is 0.220 e. The monoisotopic (exact) mass is 1030 g/mol. The Morgan fingerprint density at radius 1 is 0.338 bits per heavy atom. The molecule has 0 spiro atoms. The molecule has 0 saturated carbocycles. The zero-order valence-corrected chi connectivity index (χ0v) is 49.3. The third kappa shape index (κ3) is 60.2. The van der Waals surface area contributed by atoms with Crippen molar-refractivity contribution in [2.24, 2.45) is 0 Å². The van der Waals surface area contributed by atoms with Gasteiger partial charge in [-0.1, -0.05) is 329 Å². The Morgan fingerprint density at radius 3 is 0.946 bits per heavy atom. The summed E-state index contributed by atoms with van der Waals surface area (Å²) in [4.78, 5) is 12.5. The van der Waals surface area contributed by atoms with Crippen LogP contribution in [0.2, 0.25) is 0 Å². The van der Waals surface area contributed by atoms with E-state index in [1.807, 2.05) is 6.08 Å².